The van der Waals surface area contributed by atoms with Crippen LogP contribution in [0.15, 0.2) is 12.5 Å². The van der Waals surface area contributed by atoms with Gasteiger partial charge in [0.15, 0.2) is 0 Å². The van der Waals surface area contributed by atoms with Crippen molar-refractivity contribution in [3.8, 4) is 0 Å². The molecule has 1 aromatic heterocycles. The molecule has 1 saturated heterocycles. The van der Waals surface area contributed by atoms with Gasteiger partial charge in [-0.3, -0.25) is 4.79 Å². The second-order valence-corrected chi connectivity index (χ2v) is 5.34. The van der Waals surface area contributed by atoms with Gasteiger partial charge in [0, 0.05) is 39.4 Å². The Hall–Kier alpha value is -0.960. The lowest BCUT2D eigenvalue weighted by molar-refractivity contribution is -0.130. The molecule has 0 aliphatic carbocycles. The quantitative estimate of drug-likeness (QED) is 0.765. The lowest BCUT2D eigenvalue weighted by atomic mass is 10.3. The number of amides is 1. The molecule has 1 fully saturated rings. The van der Waals surface area contributed by atoms with Crippen LogP contribution < -0.4 is 10.2 Å². The minimum atomic E-state index is 0.147. The van der Waals surface area contributed by atoms with E-state index in [2.05, 4.69) is 37.9 Å². The molecule has 0 aromatic carbocycles. The number of anilines is 1. The summed E-state index contributed by atoms with van der Waals surface area (Å²) in [5.41, 5.74) is 0. The molecule has 98 valence electrons. The largest absolute Gasteiger partial charge is 0.349 e. The third kappa shape index (κ3) is 3.29. The van der Waals surface area contributed by atoms with E-state index >= 15 is 0 Å². The van der Waals surface area contributed by atoms with Gasteiger partial charge < -0.3 is 15.1 Å². The monoisotopic (exact) mass is 361 g/mol. The molecule has 0 spiro atoms. The number of carbonyl (C=O) groups excluding carboxylic acids is 1. The van der Waals surface area contributed by atoms with Crippen molar-refractivity contribution in [3.63, 3.8) is 0 Å². The Morgan fingerprint density at radius 3 is 2.94 bits per heavy atom. The average Bonchev–Trinajstić information content (AvgIpc) is 2.40. The van der Waals surface area contributed by atoms with Gasteiger partial charge in [0.25, 0.3) is 0 Å². The van der Waals surface area contributed by atoms with E-state index in [9.17, 15) is 4.79 Å². The average molecular weight is 361 g/mol. The van der Waals surface area contributed by atoms with Crippen molar-refractivity contribution >= 4 is 34.3 Å². The number of carbonyl (C=O) groups is 1. The van der Waals surface area contributed by atoms with E-state index in [-0.39, 0.29) is 5.91 Å². The van der Waals surface area contributed by atoms with Gasteiger partial charge in [0.1, 0.15) is 12.1 Å². The number of piperazine rings is 1. The topological polar surface area (TPSA) is 61.4 Å². The highest BCUT2D eigenvalue weighted by atomic mass is 127. The molecule has 1 aliphatic rings. The van der Waals surface area contributed by atoms with Crippen molar-refractivity contribution in [1.29, 1.82) is 0 Å². The lowest BCUT2D eigenvalue weighted by Crippen LogP contribution is -2.49. The van der Waals surface area contributed by atoms with Gasteiger partial charge in [0.05, 0.1) is 10.1 Å². The molecule has 0 bridgehead atoms. The zero-order valence-electron chi connectivity index (χ0n) is 10.3. The third-order valence-corrected chi connectivity index (χ3v) is 3.61. The first-order chi connectivity index (χ1) is 8.68. The SMILES string of the molecule is CN(CC(=O)N1CCNCC1)c1ncncc1I. The molecule has 1 amide bonds. The second-order valence-electron chi connectivity index (χ2n) is 4.18. The van der Waals surface area contributed by atoms with Crippen LogP contribution in [0.5, 0.6) is 0 Å². The first kappa shape index (κ1) is 13.5. The summed E-state index contributed by atoms with van der Waals surface area (Å²) in [5.74, 6) is 0.947. The third-order valence-electron chi connectivity index (χ3n) is 2.85. The summed E-state index contributed by atoms with van der Waals surface area (Å²) in [6.07, 6.45) is 3.25. The van der Waals surface area contributed by atoms with Crippen LogP contribution in [-0.2, 0) is 4.79 Å². The van der Waals surface area contributed by atoms with Gasteiger partial charge in [-0.05, 0) is 22.6 Å². The minimum absolute atomic E-state index is 0.147. The van der Waals surface area contributed by atoms with Gasteiger partial charge in [-0.2, -0.15) is 0 Å². The van der Waals surface area contributed by atoms with Crippen molar-refractivity contribution in [2.75, 3.05) is 44.7 Å². The summed E-state index contributed by atoms with van der Waals surface area (Å²) in [5, 5.41) is 3.23. The van der Waals surface area contributed by atoms with Gasteiger partial charge in [-0.25, -0.2) is 9.97 Å². The Balaban J connectivity index is 1.96. The summed E-state index contributed by atoms with van der Waals surface area (Å²) in [6.45, 7) is 3.68. The number of hydrogen-bond acceptors (Lipinski definition) is 5. The summed E-state index contributed by atoms with van der Waals surface area (Å²) in [4.78, 5) is 24.0. The molecule has 0 saturated carbocycles. The van der Waals surface area contributed by atoms with Crippen molar-refractivity contribution in [1.82, 2.24) is 20.2 Å². The van der Waals surface area contributed by atoms with Gasteiger partial charge in [-0.15, -0.1) is 0 Å². The number of rotatable bonds is 3. The molecule has 0 radical (unpaired) electrons. The van der Waals surface area contributed by atoms with E-state index in [1.54, 1.807) is 6.20 Å². The highest BCUT2D eigenvalue weighted by molar-refractivity contribution is 14.1. The van der Waals surface area contributed by atoms with E-state index in [0.717, 1.165) is 35.6 Å². The van der Waals surface area contributed by atoms with E-state index < -0.39 is 0 Å². The summed E-state index contributed by atoms with van der Waals surface area (Å²) in [7, 11) is 1.88. The Labute approximate surface area is 120 Å². The Morgan fingerprint density at radius 1 is 1.56 bits per heavy atom. The van der Waals surface area contributed by atoms with Crippen molar-refractivity contribution in [3.05, 3.63) is 16.1 Å². The summed E-state index contributed by atoms with van der Waals surface area (Å²) >= 11 is 2.18. The number of aromatic nitrogens is 2. The van der Waals surface area contributed by atoms with Gasteiger partial charge >= 0.3 is 0 Å². The Kier molecular flexibility index (Phi) is 4.70. The van der Waals surface area contributed by atoms with Crippen LogP contribution in [-0.4, -0.2) is 60.5 Å². The minimum Gasteiger partial charge on any atom is -0.349 e. The molecule has 2 heterocycles. The molecule has 7 heteroatoms. The van der Waals surface area contributed by atoms with Crippen LogP contribution in [0.25, 0.3) is 0 Å². The Morgan fingerprint density at radius 2 is 2.28 bits per heavy atom. The predicted molar refractivity (Wildman–Crippen MR) is 77.5 cm³/mol. The predicted octanol–water partition coefficient (Wildman–Crippen LogP) is -0.0508. The smallest absolute Gasteiger partial charge is 0.242 e. The maximum Gasteiger partial charge on any atom is 0.242 e. The second kappa shape index (κ2) is 6.28. The molecule has 1 N–H and O–H groups in total. The van der Waals surface area contributed by atoms with E-state index in [1.807, 2.05) is 16.8 Å². The fourth-order valence-corrected chi connectivity index (χ4v) is 2.59. The van der Waals surface area contributed by atoms with Crippen LogP contribution >= 0.6 is 22.6 Å². The fourth-order valence-electron chi connectivity index (χ4n) is 1.88. The maximum absolute atomic E-state index is 12.1. The number of likely N-dealkylation sites (N-methyl/N-ethyl adjacent to an activating group) is 1. The molecule has 18 heavy (non-hydrogen) atoms. The maximum atomic E-state index is 12.1. The highest BCUT2D eigenvalue weighted by Gasteiger charge is 2.18. The van der Waals surface area contributed by atoms with Crippen LogP contribution in [0.1, 0.15) is 0 Å². The van der Waals surface area contributed by atoms with Crippen LogP contribution in [0.2, 0.25) is 0 Å². The highest BCUT2D eigenvalue weighted by Crippen LogP contribution is 2.16. The zero-order valence-corrected chi connectivity index (χ0v) is 12.4. The molecule has 1 aliphatic heterocycles. The number of hydrogen-bond donors (Lipinski definition) is 1. The molecular formula is C11H16IN5O. The molecule has 0 unspecified atom stereocenters. The van der Waals surface area contributed by atoms with Crippen molar-refractivity contribution in [2.24, 2.45) is 0 Å². The molecular weight excluding hydrogens is 345 g/mol. The van der Waals surface area contributed by atoms with Gasteiger partial charge in [0.2, 0.25) is 5.91 Å². The van der Waals surface area contributed by atoms with Gasteiger partial charge in [-0.1, -0.05) is 0 Å². The standard InChI is InChI=1S/C11H16IN5O/c1-16(11-9(12)6-14-8-15-11)7-10(18)17-4-2-13-3-5-17/h6,8,13H,2-5,7H2,1H3. The van der Waals surface area contributed by atoms with E-state index in [0.29, 0.717) is 6.54 Å². The Bertz CT molecular complexity index is 422. The molecule has 0 atom stereocenters. The van der Waals surface area contributed by atoms with E-state index in [4.69, 9.17) is 0 Å². The lowest BCUT2D eigenvalue weighted by Gasteiger charge is -2.29. The number of nitrogens with zero attached hydrogens (tertiary/aromatic N) is 4. The van der Waals surface area contributed by atoms with Crippen LogP contribution in [0.3, 0.4) is 0 Å². The normalized spacial score (nSPS) is 15.6. The molecule has 1 aromatic rings. The zero-order chi connectivity index (χ0) is 13.0. The first-order valence-electron chi connectivity index (χ1n) is 5.83. The van der Waals surface area contributed by atoms with Crippen molar-refractivity contribution < 1.29 is 4.79 Å². The summed E-state index contributed by atoms with van der Waals surface area (Å²) in [6, 6.07) is 0. The number of nitrogens with one attached hydrogen (secondary N) is 1. The number of halogens is 1. The first-order valence-corrected chi connectivity index (χ1v) is 6.91. The van der Waals surface area contributed by atoms with Crippen molar-refractivity contribution in [2.45, 2.75) is 0 Å². The van der Waals surface area contributed by atoms with E-state index in [1.165, 1.54) is 6.33 Å². The van der Waals surface area contributed by atoms with Crippen LogP contribution in [0, 0.1) is 3.57 Å². The summed E-state index contributed by atoms with van der Waals surface area (Å²) < 4.78 is 0.950. The fraction of sp³-hybridized carbons (Fsp3) is 0.545. The molecule has 6 nitrogen and oxygen atoms in total. The molecule has 2 rings (SSSR count). The van der Waals surface area contributed by atoms with Crippen LogP contribution in [0.4, 0.5) is 5.82 Å².